The van der Waals surface area contributed by atoms with Gasteiger partial charge in [-0.2, -0.15) is 0 Å². The third-order valence-corrected chi connectivity index (χ3v) is 2.15. The summed E-state index contributed by atoms with van der Waals surface area (Å²) in [4.78, 5) is 2.29. The molecular formula is C9H17ClN4. The number of rotatable bonds is 6. The van der Waals surface area contributed by atoms with E-state index in [9.17, 15) is 0 Å². The lowest BCUT2D eigenvalue weighted by atomic mass is 10.3. The maximum absolute atomic E-state index is 5.72. The first kappa shape index (κ1) is 11.5. The zero-order valence-corrected chi connectivity index (χ0v) is 9.54. The Labute approximate surface area is 89.8 Å². The second-order valence-electron chi connectivity index (χ2n) is 3.35. The highest BCUT2D eigenvalue weighted by Crippen LogP contribution is 2.01. The SMILES string of the molecule is CCCN(CCCl)Cc1cn(C)nn1. The van der Waals surface area contributed by atoms with Gasteiger partial charge in [-0.05, 0) is 13.0 Å². The number of hydrogen-bond acceptors (Lipinski definition) is 3. The third kappa shape index (κ3) is 3.64. The molecule has 0 aliphatic carbocycles. The van der Waals surface area contributed by atoms with E-state index in [2.05, 4.69) is 22.1 Å². The number of aryl methyl sites for hydroxylation is 1. The predicted molar refractivity (Wildman–Crippen MR) is 57.3 cm³/mol. The van der Waals surface area contributed by atoms with Crippen molar-refractivity contribution in [3.63, 3.8) is 0 Å². The van der Waals surface area contributed by atoms with Crippen molar-refractivity contribution < 1.29 is 0 Å². The van der Waals surface area contributed by atoms with Crippen LogP contribution in [-0.2, 0) is 13.6 Å². The average molecular weight is 217 g/mol. The van der Waals surface area contributed by atoms with Crippen molar-refractivity contribution in [1.82, 2.24) is 19.9 Å². The van der Waals surface area contributed by atoms with Crippen LogP contribution in [0.3, 0.4) is 0 Å². The zero-order chi connectivity index (χ0) is 10.4. The van der Waals surface area contributed by atoms with Gasteiger partial charge in [0.1, 0.15) is 0 Å². The standard InChI is InChI=1S/C9H17ClN4/c1-3-5-14(6-4-10)8-9-7-13(2)12-11-9/h7H,3-6,8H2,1-2H3. The molecule has 1 rings (SSSR count). The molecule has 0 spiro atoms. The Balaban J connectivity index is 2.46. The highest BCUT2D eigenvalue weighted by Gasteiger charge is 2.06. The highest BCUT2D eigenvalue weighted by atomic mass is 35.5. The first-order valence-corrected chi connectivity index (χ1v) is 5.43. The zero-order valence-electron chi connectivity index (χ0n) is 8.78. The second kappa shape index (κ2) is 5.98. The van der Waals surface area contributed by atoms with Crippen LogP contribution in [0.5, 0.6) is 0 Å². The van der Waals surface area contributed by atoms with Gasteiger partial charge in [0.25, 0.3) is 0 Å². The maximum Gasteiger partial charge on any atom is 0.0967 e. The van der Waals surface area contributed by atoms with Gasteiger partial charge in [0.15, 0.2) is 0 Å². The minimum absolute atomic E-state index is 0.667. The van der Waals surface area contributed by atoms with E-state index in [1.807, 2.05) is 13.2 Å². The van der Waals surface area contributed by atoms with Crippen LogP contribution in [0, 0.1) is 0 Å². The van der Waals surface area contributed by atoms with Crippen molar-refractivity contribution in [2.75, 3.05) is 19.0 Å². The van der Waals surface area contributed by atoms with E-state index in [0.717, 1.165) is 31.7 Å². The number of alkyl halides is 1. The van der Waals surface area contributed by atoms with Gasteiger partial charge in [-0.15, -0.1) is 16.7 Å². The Morgan fingerprint density at radius 3 is 2.79 bits per heavy atom. The van der Waals surface area contributed by atoms with Gasteiger partial charge >= 0.3 is 0 Å². The van der Waals surface area contributed by atoms with E-state index in [4.69, 9.17) is 11.6 Å². The quantitative estimate of drug-likeness (QED) is 0.672. The summed E-state index contributed by atoms with van der Waals surface area (Å²) in [5.74, 6) is 0.667. The molecule has 5 heteroatoms. The molecule has 14 heavy (non-hydrogen) atoms. The van der Waals surface area contributed by atoms with E-state index in [-0.39, 0.29) is 0 Å². The van der Waals surface area contributed by atoms with E-state index >= 15 is 0 Å². The summed E-state index contributed by atoms with van der Waals surface area (Å²) in [7, 11) is 1.88. The fraction of sp³-hybridized carbons (Fsp3) is 0.778. The molecule has 0 fully saturated rings. The van der Waals surface area contributed by atoms with Crippen LogP contribution in [0.1, 0.15) is 19.0 Å². The minimum Gasteiger partial charge on any atom is -0.296 e. The van der Waals surface area contributed by atoms with Crippen molar-refractivity contribution in [2.24, 2.45) is 7.05 Å². The van der Waals surface area contributed by atoms with Gasteiger partial charge in [-0.3, -0.25) is 9.58 Å². The van der Waals surface area contributed by atoms with Gasteiger partial charge in [0.2, 0.25) is 0 Å². The Bertz CT molecular complexity index is 255. The van der Waals surface area contributed by atoms with Crippen LogP contribution in [0.2, 0.25) is 0 Å². The largest absolute Gasteiger partial charge is 0.296 e. The van der Waals surface area contributed by atoms with Crippen molar-refractivity contribution in [3.8, 4) is 0 Å². The predicted octanol–water partition coefficient (Wildman–Crippen LogP) is 1.27. The summed E-state index contributed by atoms with van der Waals surface area (Å²) in [5.41, 5.74) is 1.01. The fourth-order valence-corrected chi connectivity index (χ4v) is 1.64. The molecule has 0 unspecified atom stereocenters. The molecular weight excluding hydrogens is 200 g/mol. The van der Waals surface area contributed by atoms with Crippen LogP contribution in [0.25, 0.3) is 0 Å². The lowest BCUT2D eigenvalue weighted by Gasteiger charge is -2.18. The molecule has 80 valence electrons. The highest BCUT2D eigenvalue weighted by molar-refractivity contribution is 6.18. The van der Waals surface area contributed by atoms with Gasteiger partial charge in [-0.1, -0.05) is 12.1 Å². The Kier molecular flexibility index (Phi) is 4.90. The van der Waals surface area contributed by atoms with Gasteiger partial charge < -0.3 is 0 Å². The number of hydrogen-bond donors (Lipinski definition) is 0. The number of halogens is 1. The Morgan fingerprint density at radius 1 is 1.50 bits per heavy atom. The van der Waals surface area contributed by atoms with Crippen LogP contribution in [0.4, 0.5) is 0 Å². The smallest absolute Gasteiger partial charge is 0.0967 e. The molecule has 0 amide bonds. The van der Waals surface area contributed by atoms with Crippen molar-refractivity contribution in [2.45, 2.75) is 19.9 Å². The molecule has 0 radical (unpaired) electrons. The Hall–Kier alpha value is -0.610. The molecule has 0 aromatic carbocycles. The van der Waals surface area contributed by atoms with Gasteiger partial charge in [0.05, 0.1) is 5.69 Å². The maximum atomic E-state index is 5.72. The molecule has 0 N–H and O–H groups in total. The Morgan fingerprint density at radius 2 is 2.29 bits per heavy atom. The van der Waals surface area contributed by atoms with E-state index in [0.29, 0.717) is 5.88 Å². The van der Waals surface area contributed by atoms with Crippen molar-refractivity contribution in [1.29, 1.82) is 0 Å². The molecule has 0 aliphatic heterocycles. The van der Waals surface area contributed by atoms with Crippen LogP contribution >= 0.6 is 11.6 Å². The summed E-state index contributed by atoms with van der Waals surface area (Å²) in [6.45, 7) is 4.97. The lowest BCUT2D eigenvalue weighted by Crippen LogP contribution is -2.26. The van der Waals surface area contributed by atoms with Crippen LogP contribution in [0.15, 0.2) is 6.20 Å². The molecule has 4 nitrogen and oxygen atoms in total. The third-order valence-electron chi connectivity index (χ3n) is 1.98. The van der Waals surface area contributed by atoms with Gasteiger partial charge in [-0.25, -0.2) is 0 Å². The van der Waals surface area contributed by atoms with E-state index in [1.165, 1.54) is 0 Å². The van der Waals surface area contributed by atoms with Gasteiger partial charge in [0, 0.05) is 32.2 Å². The monoisotopic (exact) mass is 216 g/mol. The average Bonchev–Trinajstić information content (AvgIpc) is 2.52. The molecule has 0 bridgehead atoms. The summed E-state index contributed by atoms with van der Waals surface area (Å²) < 4.78 is 1.72. The first-order chi connectivity index (χ1) is 6.76. The molecule has 1 heterocycles. The summed E-state index contributed by atoms with van der Waals surface area (Å²) in [5, 5.41) is 7.95. The lowest BCUT2D eigenvalue weighted by molar-refractivity contribution is 0.279. The van der Waals surface area contributed by atoms with Crippen molar-refractivity contribution in [3.05, 3.63) is 11.9 Å². The summed E-state index contributed by atoms with van der Waals surface area (Å²) in [6, 6.07) is 0. The molecule has 0 saturated carbocycles. The van der Waals surface area contributed by atoms with E-state index in [1.54, 1.807) is 4.68 Å². The summed E-state index contributed by atoms with van der Waals surface area (Å²) in [6.07, 6.45) is 3.08. The molecule has 0 saturated heterocycles. The minimum atomic E-state index is 0.667. The van der Waals surface area contributed by atoms with Crippen LogP contribution < -0.4 is 0 Å². The molecule has 1 aromatic rings. The second-order valence-corrected chi connectivity index (χ2v) is 3.73. The van der Waals surface area contributed by atoms with Crippen LogP contribution in [-0.4, -0.2) is 38.9 Å². The number of nitrogens with zero attached hydrogens (tertiary/aromatic N) is 4. The first-order valence-electron chi connectivity index (χ1n) is 4.89. The molecule has 1 aromatic heterocycles. The summed E-state index contributed by atoms with van der Waals surface area (Å²) >= 11 is 5.72. The topological polar surface area (TPSA) is 34.0 Å². The molecule has 0 aliphatic rings. The van der Waals surface area contributed by atoms with E-state index < -0.39 is 0 Å². The molecule has 0 atom stereocenters. The normalized spacial score (nSPS) is 11.1. The fourth-order valence-electron chi connectivity index (χ4n) is 1.40. The van der Waals surface area contributed by atoms with Crippen molar-refractivity contribution >= 4 is 11.6 Å². The number of aromatic nitrogens is 3.